The summed E-state index contributed by atoms with van der Waals surface area (Å²) in [5.74, 6) is 0.880. The maximum absolute atomic E-state index is 5.86. The Morgan fingerprint density at radius 3 is 2.71 bits per heavy atom. The molecule has 0 radical (unpaired) electrons. The zero-order valence-corrected chi connectivity index (χ0v) is 16.9. The van der Waals surface area contributed by atoms with E-state index < -0.39 is 0 Å². The number of rotatable bonds is 9. The number of guanidine groups is 1. The molecule has 2 heterocycles. The van der Waals surface area contributed by atoms with E-state index in [0.717, 1.165) is 71.2 Å². The van der Waals surface area contributed by atoms with E-state index in [1.165, 1.54) is 0 Å². The summed E-state index contributed by atoms with van der Waals surface area (Å²) in [7, 11) is 0. The van der Waals surface area contributed by atoms with Crippen molar-refractivity contribution in [3.8, 4) is 0 Å². The van der Waals surface area contributed by atoms with Crippen molar-refractivity contribution in [2.45, 2.75) is 38.8 Å². The van der Waals surface area contributed by atoms with E-state index in [2.05, 4.69) is 39.5 Å². The minimum atomic E-state index is 0. The Morgan fingerprint density at radius 1 is 1.25 bits per heavy atom. The summed E-state index contributed by atoms with van der Waals surface area (Å²) < 4.78 is 13.3. The van der Waals surface area contributed by atoms with Gasteiger partial charge in [-0.3, -0.25) is 4.99 Å². The first-order valence-corrected chi connectivity index (χ1v) is 8.70. The van der Waals surface area contributed by atoms with E-state index in [9.17, 15) is 0 Å². The zero-order chi connectivity index (χ0) is 16.2. The summed E-state index contributed by atoms with van der Waals surface area (Å²) in [6.07, 6.45) is 7.50. The fourth-order valence-corrected chi connectivity index (χ4v) is 2.51. The molecule has 1 aliphatic rings. The third kappa shape index (κ3) is 8.89. The van der Waals surface area contributed by atoms with Crippen molar-refractivity contribution >= 4 is 29.9 Å². The number of nitrogens with zero attached hydrogens (tertiary/aromatic N) is 2. The maximum atomic E-state index is 5.86. The van der Waals surface area contributed by atoms with Crippen molar-refractivity contribution in [2.75, 3.05) is 39.5 Å². The van der Waals surface area contributed by atoms with E-state index in [0.29, 0.717) is 6.10 Å². The number of aliphatic imine (C=N–C) groups is 1. The predicted molar refractivity (Wildman–Crippen MR) is 108 cm³/mol. The highest BCUT2D eigenvalue weighted by atomic mass is 127. The molecule has 0 aromatic carbocycles. The van der Waals surface area contributed by atoms with Crippen LogP contribution in [0.1, 0.15) is 26.2 Å². The first kappa shape index (κ1) is 21.2. The Labute approximate surface area is 162 Å². The third-order valence-electron chi connectivity index (χ3n) is 3.77. The quantitative estimate of drug-likeness (QED) is 0.262. The Morgan fingerprint density at radius 2 is 2.00 bits per heavy atom. The highest BCUT2D eigenvalue weighted by molar-refractivity contribution is 14.0. The van der Waals surface area contributed by atoms with Crippen molar-refractivity contribution in [1.82, 2.24) is 15.2 Å². The lowest BCUT2D eigenvalue weighted by atomic mass is 10.1. The zero-order valence-electron chi connectivity index (χ0n) is 14.6. The lowest BCUT2D eigenvalue weighted by Crippen LogP contribution is -2.39. The molecular formula is C17H31IN4O2. The normalized spacial score (nSPS) is 15.8. The molecule has 7 heteroatoms. The van der Waals surface area contributed by atoms with Crippen molar-refractivity contribution < 1.29 is 9.47 Å². The molecule has 0 unspecified atom stereocenters. The summed E-state index contributed by atoms with van der Waals surface area (Å²) >= 11 is 0. The SMILES string of the molecule is CCNC(=NCCCOC1CCOCC1)NCCn1cccc1.I. The molecule has 0 saturated carbocycles. The molecular weight excluding hydrogens is 419 g/mol. The molecule has 1 fully saturated rings. The van der Waals surface area contributed by atoms with E-state index in [1.54, 1.807) is 0 Å². The average molecular weight is 450 g/mol. The standard InChI is InChI=1S/C17H30N4O2.HI/c1-2-18-17(20-9-12-21-10-3-4-11-21)19-8-5-13-23-16-6-14-22-15-7-16;/h3-4,10-11,16H,2,5-9,12-15H2,1H3,(H2,18,19,20);1H. The lowest BCUT2D eigenvalue weighted by Gasteiger charge is -2.22. The van der Waals surface area contributed by atoms with Crippen LogP contribution in [-0.4, -0.2) is 56.1 Å². The van der Waals surface area contributed by atoms with E-state index in [1.807, 2.05) is 12.1 Å². The fourth-order valence-electron chi connectivity index (χ4n) is 2.51. The largest absolute Gasteiger partial charge is 0.381 e. The number of nitrogens with one attached hydrogen (secondary N) is 2. The van der Waals surface area contributed by atoms with Crippen molar-refractivity contribution in [2.24, 2.45) is 4.99 Å². The van der Waals surface area contributed by atoms with Gasteiger partial charge in [-0.1, -0.05) is 0 Å². The van der Waals surface area contributed by atoms with Gasteiger partial charge in [-0.2, -0.15) is 0 Å². The summed E-state index contributed by atoms with van der Waals surface area (Å²) in [4.78, 5) is 4.60. The number of halogens is 1. The first-order valence-electron chi connectivity index (χ1n) is 8.70. The number of hydrogen-bond donors (Lipinski definition) is 2. The van der Waals surface area contributed by atoms with Gasteiger partial charge >= 0.3 is 0 Å². The molecule has 1 aliphatic heterocycles. The van der Waals surface area contributed by atoms with Gasteiger partial charge in [-0.05, 0) is 38.3 Å². The van der Waals surface area contributed by atoms with E-state index in [4.69, 9.17) is 9.47 Å². The van der Waals surface area contributed by atoms with Gasteiger partial charge in [0.15, 0.2) is 5.96 Å². The molecule has 0 atom stereocenters. The molecule has 0 amide bonds. The molecule has 2 N–H and O–H groups in total. The molecule has 138 valence electrons. The Balaban J connectivity index is 0.00000288. The van der Waals surface area contributed by atoms with Crippen LogP contribution >= 0.6 is 24.0 Å². The van der Waals surface area contributed by atoms with Crippen LogP contribution in [0.2, 0.25) is 0 Å². The van der Waals surface area contributed by atoms with Gasteiger partial charge in [-0.25, -0.2) is 0 Å². The highest BCUT2D eigenvalue weighted by Crippen LogP contribution is 2.10. The molecule has 0 spiro atoms. The number of ether oxygens (including phenoxy) is 2. The Hall–Kier alpha value is -0.800. The van der Waals surface area contributed by atoms with Gasteiger partial charge in [0.05, 0.1) is 6.10 Å². The van der Waals surface area contributed by atoms with E-state index in [-0.39, 0.29) is 24.0 Å². The van der Waals surface area contributed by atoms with Gasteiger partial charge in [0, 0.05) is 58.4 Å². The summed E-state index contributed by atoms with van der Waals surface area (Å²) in [5, 5.41) is 6.64. The summed E-state index contributed by atoms with van der Waals surface area (Å²) in [6.45, 7) is 7.96. The average Bonchev–Trinajstić information content (AvgIpc) is 3.09. The minimum Gasteiger partial charge on any atom is -0.381 e. The van der Waals surface area contributed by atoms with Gasteiger partial charge in [0.1, 0.15) is 0 Å². The maximum Gasteiger partial charge on any atom is 0.191 e. The predicted octanol–water partition coefficient (Wildman–Crippen LogP) is 2.25. The molecule has 6 nitrogen and oxygen atoms in total. The molecule has 0 bridgehead atoms. The lowest BCUT2D eigenvalue weighted by molar-refractivity contribution is -0.0318. The van der Waals surface area contributed by atoms with Gasteiger partial charge < -0.3 is 24.7 Å². The number of aromatic nitrogens is 1. The van der Waals surface area contributed by atoms with E-state index >= 15 is 0 Å². The first-order chi connectivity index (χ1) is 11.4. The van der Waals surface area contributed by atoms with Crippen LogP contribution in [-0.2, 0) is 16.0 Å². The molecule has 2 rings (SSSR count). The van der Waals surface area contributed by atoms with Crippen LogP contribution in [0.3, 0.4) is 0 Å². The van der Waals surface area contributed by atoms with Gasteiger partial charge in [-0.15, -0.1) is 24.0 Å². The van der Waals surface area contributed by atoms with Gasteiger partial charge in [0.2, 0.25) is 0 Å². The Bertz CT molecular complexity index is 434. The third-order valence-corrected chi connectivity index (χ3v) is 3.77. The van der Waals surface area contributed by atoms with Crippen LogP contribution in [0.5, 0.6) is 0 Å². The molecule has 1 aromatic rings. The van der Waals surface area contributed by atoms with Crippen LogP contribution in [0, 0.1) is 0 Å². The minimum absolute atomic E-state index is 0. The second-order valence-electron chi connectivity index (χ2n) is 5.64. The fraction of sp³-hybridized carbons (Fsp3) is 0.706. The summed E-state index contributed by atoms with van der Waals surface area (Å²) in [5.41, 5.74) is 0. The topological polar surface area (TPSA) is 59.8 Å². The van der Waals surface area contributed by atoms with Crippen LogP contribution in [0.4, 0.5) is 0 Å². The summed E-state index contributed by atoms with van der Waals surface area (Å²) in [6, 6.07) is 4.08. The second kappa shape index (κ2) is 13.5. The molecule has 24 heavy (non-hydrogen) atoms. The second-order valence-corrected chi connectivity index (χ2v) is 5.64. The molecule has 1 aromatic heterocycles. The van der Waals surface area contributed by atoms with Crippen molar-refractivity contribution in [3.05, 3.63) is 24.5 Å². The van der Waals surface area contributed by atoms with Crippen LogP contribution in [0.25, 0.3) is 0 Å². The highest BCUT2D eigenvalue weighted by Gasteiger charge is 2.13. The van der Waals surface area contributed by atoms with Crippen LogP contribution < -0.4 is 10.6 Å². The Kier molecular flexibility index (Phi) is 11.9. The van der Waals surface area contributed by atoms with Gasteiger partial charge in [0.25, 0.3) is 0 Å². The van der Waals surface area contributed by atoms with Crippen molar-refractivity contribution in [3.63, 3.8) is 0 Å². The number of hydrogen-bond acceptors (Lipinski definition) is 3. The smallest absolute Gasteiger partial charge is 0.191 e. The molecule has 1 saturated heterocycles. The van der Waals surface area contributed by atoms with Crippen molar-refractivity contribution in [1.29, 1.82) is 0 Å². The van der Waals surface area contributed by atoms with Crippen LogP contribution in [0.15, 0.2) is 29.5 Å². The monoisotopic (exact) mass is 450 g/mol. The molecule has 0 aliphatic carbocycles.